The van der Waals surface area contributed by atoms with Gasteiger partial charge < -0.3 is 16.0 Å². The fourth-order valence-electron chi connectivity index (χ4n) is 4.59. The Labute approximate surface area is 206 Å². The summed E-state index contributed by atoms with van der Waals surface area (Å²) >= 11 is 5.22. The lowest BCUT2D eigenvalue weighted by molar-refractivity contribution is -0.151. The topological polar surface area (TPSA) is 142 Å². The number of halogens is 4. The van der Waals surface area contributed by atoms with E-state index in [1.807, 2.05) is 13.8 Å². The molecule has 1 aliphatic carbocycles. The van der Waals surface area contributed by atoms with Crippen molar-refractivity contribution < 1.29 is 37.1 Å². The molecule has 198 valence electrons. The van der Waals surface area contributed by atoms with Crippen molar-refractivity contribution in [3.05, 3.63) is 0 Å². The van der Waals surface area contributed by atoms with Crippen molar-refractivity contribution in [1.82, 2.24) is 20.7 Å². The number of likely N-dealkylation sites (tertiary alicyclic amines) is 1. The molecule has 4 N–H and O–H groups in total. The molecule has 5 atom stereocenters. The highest BCUT2D eigenvalue weighted by Crippen LogP contribution is 2.65. The standard InChI is InChI=1S/C21H31ClF3N5O5/c1-20(2,3)13(27-17(33)15(24)25)18(34)29-8-9-11(21(9,4)5)12(29)16(32)28-30(7-6-10(26)31)19(35)14(22)23/h9,11-15H,6-8H2,1-5H3,(H2,26,31)(H,27,33)(H,28,32)/t9-,11-,12-,13?,14?/m0/s1. The number of hydrogen-bond acceptors (Lipinski definition) is 5. The molecule has 35 heavy (non-hydrogen) atoms. The number of nitrogens with one attached hydrogen (secondary N) is 2. The van der Waals surface area contributed by atoms with E-state index in [1.54, 1.807) is 20.8 Å². The van der Waals surface area contributed by atoms with E-state index >= 15 is 0 Å². The molecule has 1 heterocycles. The summed E-state index contributed by atoms with van der Waals surface area (Å²) in [5.74, 6) is -5.81. The quantitative estimate of drug-likeness (QED) is 0.313. The van der Waals surface area contributed by atoms with Crippen molar-refractivity contribution in [2.45, 2.75) is 65.2 Å². The van der Waals surface area contributed by atoms with Gasteiger partial charge in [-0.05, 0) is 22.7 Å². The van der Waals surface area contributed by atoms with Crippen LogP contribution in [0.15, 0.2) is 0 Å². The van der Waals surface area contributed by atoms with E-state index in [0.29, 0.717) is 5.01 Å². The Morgan fingerprint density at radius 3 is 2.20 bits per heavy atom. The molecular weight excluding hydrogens is 495 g/mol. The van der Waals surface area contributed by atoms with Gasteiger partial charge in [-0.2, -0.15) is 8.78 Å². The summed E-state index contributed by atoms with van der Waals surface area (Å²) in [4.78, 5) is 62.8. The van der Waals surface area contributed by atoms with E-state index < -0.39 is 72.1 Å². The summed E-state index contributed by atoms with van der Waals surface area (Å²) in [7, 11) is 0. The van der Waals surface area contributed by atoms with Gasteiger partial charge in [-0.1, -0.05) is 46.2 Å². The molecule has 2 unspecified atom stereocenters. The molecule has 1 saturated carbocycles. The molecule has 2 rings (SSSR count). The number of amides is 5. The summed E-state index contributed by atoms with van der Waals surface area (Å²) in [6.07, 6.45) is -3.74. The Bertz CT molecular complexity index is 895. The van der Waals surface area contributed by atoms with Gasteiger partial charge in [0, 0.05) is 13.0 Å². The number of hydrazine groups is 1. The third kappa shape index (κ3) is 6.17. The molecule has 0 radical (unpaired) electrons. The second kappa shape index (κ2) is 10.2. The van der Waals surface area contributed by atoms with Crippen LogP contribution in [0.3, 0.4) is 0 Å². The number of rotatable bonds is 8. The van der Waals surface area contributed by atoms with Gasteiger partial charge in [-0.15, -0.1) is 0 Å². The van der Waals surface area contributed by atoms with Gasteiger partial charge in [-0.3, -0.25) is 29.4 Å². The van der Waals surface area contributed by atoms with Crippen LogP contribution in [0.2, 0.25) is 0 Å². The summed E-state index contributed by atoms with van der Waals surface area (Å²) in [5.41, 5.74) is 3.46. The molecule has 2 aliphatic rings. The molecule has 0 aromatic rings. The Balaban J connectivity index is 2.33. The number of piperidine rings is 1. The smallest absolute Gasteiger partial charge is 0.315 e. The van der Waals surface area contributed by atoms with E-state index in [2.05, 4.69) is 10.7 Å². The lowest BCUT2D eigenvalue weighted by atomic mass is 9.85. The maximum Gasteiger partial charge on any atom is 0.315 e. The summed E-state index contributed by atoms with van der Waals surface area (Å²) < 4.78 is 39.3. The van der Waals surface area contributed by atoms with Gasteiger partial charge in [-0.25, -0.2) is 9.40 Å². The zero-order valence-electron chi connectivity index (χ0n) is 20.1. The number of carbonyl (C=O) groups is 5. The van der Waals surface area contributed by atoms with Gasteiger partial charge in [0.25, 0.3) is 23.4 Å². The molecular formula is C21H31ClF3N5O5. The predicted octanol–water partition coefficient (Wildman–Crippen LogP) is 0.535. The average Bonchev–Trinajstić information content (AvgIpc) is 3.07. The zero-order chi connectivity index (χ0) is 27.0. The lowest BCUT2D eigenvalue weighted by Crippen LogP contribution is -2.61. The first-order valence-electron chi connectivity index (χ1n) is 11.0. The molecule has 0 aromatic carbocycles. The molecule has 0 spiro atoms. The van der Waals surface area contributed by atoms with Gasteiger partial charge in [0.1, 0.15) is 12.1 Å². The van der Waals surface area contributed by atoms with Crippen molar-refractivity contribution in [2.24, 2.45) is 28.4 Å². The van der Waals surface area contributed by atoms with E-state index in [9.17, 15) is 37.1 Å². The second-order valence-corrected chi connectivity index (χ2v) is 10.9. The minimum Gasteiger partial charge on any atom is -0.370 e. The SMILES string of the molecule is CC(C)(C)C(NC(=O)C(F)F)C(=O)N1C[C@H]2[C@@H]([C@H]1C(=O)NN(CCC(N)=O)C(=O)C(F)Cl)C2(C)C. The van der Waals surface area contributed by atoms with E-state index in [0.717, 1.165) is 0 Å². The van der Waals surface area contributed by atoms with Crippen molar-refractivity contribution in [2.75, 3.05) is 13.1 Å². The molecule has 10 nitrogen and oxygen atoms in total. The van der Waals surface area contributed by atoms with Crippen molar-refractivity contribution in [3.63, 3.8) is 0 Å². The molecule has 0 bridgehead atoms. The first-order valence-corrected chi connectivity index (χ1v) is 11.4. The third-order valence-corrected chi connectivity index (χ3v) is 6.82. The monoisotopic (exact) mass is 525 g/mol. The molecule has 1 saturated heterocycles. The van der Waals surface area contributed by atoms with E-state index in [1.165, 1.54) is 4.90 Å². The largest absolute Gasteiger partial charge is 0.370 e. The number of hydrogen-bond donors (Lipinski definition) is 3. The van der Waals surface area contributed by atoms with Crippen molar-refractivity contribution in [1.29, 1.82) is 0 Å². The molecule has 14 heteroatoms. The maximum absolute atomic E-state index is 13.5. The highest BCUT2D eigenvalue weighted by Gasteiger charge is 2.70. The first-order chi connectivity index (χ1) is 15.9. The van der Waals surface area contributed by atoms with E-state index in [4.69, 9.17) is 17.3 Å². The number of primary amides is 1. The van der Waals surface area contributed by atoms with Crippen LogP contribution in [-0.4, -0.2) is 76.7 Å². The minimum absolute atomic E-state index is 0.106. The van der Waals surface area contributed by atoms with Crippen LogP contribution in [0.5, 0.6) is 0 Å². The van der Waals surface area contributed by atoms with Gasteiger partial charge in [0.05, 0.1) is 6.54 Å². The van der Waals surface area contributed by atoms with Crippen LogP contribution in [0, 0.1) is 22.7 Å². The van der Waals surface area contributed by atoms with Gasteiger partial charge in [0.2, 0.25) is 11.8 Å². The second-order valence-electron chi connectivity index (χ2n) is 10.5. The van der Waals surface area contributed by atoms with E-state index in [-0.39, 0.29) is 23.8 Å². The van der Waals surface area contributed by atoms with Crippen LogP contribution in [-0.2, 0) is 24.0 Å². The third-order valence-electron chi connectivity index (χ3n) is 6.64. The van der Waals surface area contributed by atoms with Crippen LogP contribution < -0.4 is 16.5 Å². The maximum atomic E-state index is 13.5. The van der Waals surface area contributed by atoms with Crippen LogP contribution in [0.4, 0.5) is 13.2 Å². The fourth-order valence-corrected chi connectivity index (χ4v) is 4.71. The molecule has 5 amide bonds. The Hall–Kier alpha value is -2.57. The van der Waals surface area contributed by atoms with Crippen LogP contribution in [0.25, 0.3) is 0 Å². The number of carbonyl (C=O) groups excluding carboxylic acids is 5. The summed E-state index contributed by atoms with van der Waals surface area (Å²) in [5, 5.41) is 2.58. The Morgan fingerprint density at radius 2 is 1.74 bits per heavy atom. The number of fused-ring (bicyclic) bond motifs is 1. The molecule has 0 aromatic heterocycles. The number of nitrogens with zero attached hydrogens (tertiary/aromatic N) is 2. The van der Waals surface area contributed by atoms with Gasteiger partial charge >= 0.3 is 6.43 Å². The van der Waals surface area contributed by atoms with Gasteiger partial charge in [0.15, 0.2) is 0 Å². The van der Waals surface area contributed by atoms with Crippen LogP contribution in [0.1, 0.15) is 41.0 Å². The highest BCUT2D eigenvalue weighted by molar-refractivity contribution is 6.29. The lowest BCUT2D eigenvalue weighted by Gasteiger charge is -2.38. The number of nitrogens with two attached hydrogens (primary N) is 1. The Kier molecular flexibility index (Phi) is 8.35. The van der Waals surface area contributed by atoms with Crippen LogP contribution >= 0.6 is 11.6 Å². The minimum atomic E-state index is -3.34. The molecule has 2 fully saturated rings. The highest BCUT2D eigenvalue weighted by atomic mass is 35.5. The number of alkyl halides is 4. The van der Waals surface area contributed by atoms with Crippen molar-refractivity contribution >= 4 is 41.1 Å². The summed E-state index contributed by atoms with van der Waals surface area (Å²) in [6, 6.07) is -2.52. The Morgan fingerprint density at radius 1 is 1.17 bits per heavy atom. The normalized spacial score (nSPS) is 24.3. The molecule has 1 aliphatic heterocycles. The fraction of sp³-hybridized carbons (Fsp3) is 0.762. The zero-order valence-corrected chi connectivity index (χ0v) is 20.9. The average molecular weight is 526 g/mol. The van der Waals surface area contributed by atoms with Crippen molar-refractivity contribution in [3.8, 4) is 0 Å². The first kappa shape index (κ1) is 28.7. The predicted molar refractivity (Wildman–Crippen MR) is 118 cm³/mol. The summed E-state index contributed by atoms with van der Waals surface area (Å²) in [6.45, 7) is 8.14.